The Morgan fingerprint density at radius 3 is 2.95 bits per heavy atom. The number of hydrogen-bond donors (Lipinski definition) is 1. The normalized spacial score (nSPS) is 18.9. The Kier molecular flexibility index (Phi) is 5.76. The van der Waals surface area contributed by atoms with Crippen molar-refractivity contribution in [3.63, 3.8) is 0 Å². The molecule has 1 saturated heterocycles. The van der Waals surface area contributed by atoms with Crippen molar-refractivity contribution < 1.29 is 9.18 Å². The van der Waals surface area contributed by atoms with Crippen molar-refractivity contribution >= 4 is 18.3 Å². The van der Waals surface area contributed by atoms with E-state index in [-0.39, 0.29) is 23.9 Å². The minimum Gasteiger partial charge on any atom is -0.338 e. The molecule has 1 atom stereocenters. The van der Waals surface area contributed by atoms with Crippen LogP contribution in [-0.2, 0) is 0 Å². The lowest BCUT2D eigenvalue weighted by molar-refractivity contribution is 0.0673. The van der Waals surface area contributed by atoms with Crippen molar-refractivity contribution in [3.8, 4) is 0 Å². The zero-order chi connectivity index (χ0) is 13.1. The molecule has 0 saturated carbocycles. The quantitative estimate of drug-likeness (QED) is 0.907. The molecular weight excluding hydrogens is 267 g/mol. The average molecular weight is 287 g/mol. The van der Waals surface area contributed by atoms with Crippen LogP contribution < -0.4 is 5.73 Å². The summed E-state index contributed by atoms with van der Waals surface area (Å²) in [5.41, 5.74) is 6.72. The predicted octanol–water partition coefficient (Wildman–Crippen LogP) is 2.37. The Morgan fingerprint density at radius 1 is 1.53 bits per heavy atom. The number of rotatable bonds is 2. The molecular formula is C14H20ClFN2O. The summed E-state index contributed by atoms with van der Waals surface area (Å²) in [5.74, 6) is -0.314. The van der Waals surface area contributed by atoms with E-state index < -0.39 is 5.82 Å². The van der Waals surface area contributed by atoms with Crippen LogP contribution in [0.5, 0.6) is 0 Å². The Bertz CT molecular complexity index is 453. The number of hydrogen-bond acceptors (Lipinski definition) is 2. The Morgan fingerprint density at radius 2 is 2.26 bits per heavy atom. The van der Waals surface area contributed by atoms with Crippen LogP contribution in [-0.4, -0.2) is 30.4 Å². The van der Waals surface area contributed by atoms with Crippen LogP contribution in [0.1, 0.15) is 28.8 Å². The van der Waals surface area contributed by atoms with Gasteiger partial charge in [-0.3, -0.25) is 4.79 Å². The average Bonchev–Trinajstić information content (AvgIpc) is 2.41. The summed E-state index contributed by atoms with van der Waals surface area (Å²) in [7, 11) is 0. The fraction of sp³-hybridized carbons (Fsp3) is 0.500. The van der Waals surface area contributed by atoms with E-state index in [0.29, 0.717) is 25.6 Å². The van der Waals surface area contributed by atoms with E-state index in [1.807, 2.05) is 6.92 Å². The minimum absolute atomic E-state index is 0. The molecule has 1 aromatic rings. The van der Waals surface area contributed by atoms with Gasteiger partial charge >= 0.3 is 0 Å². The first-order valence-electron chi connectivity index (χ1n) is 6.37. The highest BCUT2D eigenvalue weighted by molar-refractivity contribution is 5.94. The maximum Gasteiger partial charge on any atom is 0.256 e. The maximum atomic E-state index is 13.7. The lowest BCUT2D eigenvalue weighted by Gasteiger charge is -2.32. The third-order valence-corrected chi connectivity index (χ3v) is 3.49. The van der Waals surface area contributed by atoms with E-state index in [9.17, 15) is 9.18 Å². The van der Waals surface area contributed by atoms with Crippen molar-refractivity contribution in [3.05, 3.63) is 35.1 Å². The van der Waals surface area contributed by atoms with Gasteiger partial charge in [-0.15, -0.1) is 12.4 Å². The van der Waals surface area contributed by atoms with Crippen LogP contribution in [0.3, 0.4) is 0 Å². The number of likely N-dealkylation sites (tertiary alicyclic amines) is 1. The summed E-state index contributed by atoms with van der Waals surface area (Å²) in [4.78, 5) is 14.0. The number of aryl methyl sites for hydroxylation is 1. The van der Waals surface area contributed by atoms with Gasteiger partial charge in [-0.1, -0.05) is 11.6 Å². The molecule has 3 nitrogen and oxygen atoms in total. The van der Waals surface area contributed by atoms with Crippen LogP contribution in [0, 0.1) is 18.7 Å². The summed E-state index contributed by atoms with van der Waals surface area (Å²) < 4.78 is 13.7. The lowest BCUT2D eigenvalue weighted by atomic mass is 9.97. The third-order valence-electron chi connectivity index (χ3n) is 3.49. The Balaban J connectivity index is 0.00000180. The van der Waals surface area contributed by atoms with Crippen molar-refractivity contribution in [1.82, 2.24) is 4.90 Å². The highest BCUT2D eigenvalue weighted by Gasteiger charge is 2.25. The van der Waals surface area contributed by atoms with Gasteiger partial charge in [-0.2, -0.15) is 0 Å². The molecule has 2 N–H and O–H groups in total. The van der Waals surface area contributed by atoms with Crippen LogP contribution >= 0.6 is 12.4 Å². The van der Waals surface area contributed by atoms with E-state index >= 15 is 0 Å². The fourth-order valence-electron chi connectivity index (χ4n) is 2.42. The first kappa shape index (κ1) is 15.9. The number of carbonyl (C=O) groups excluding carboxylic acids is 1. The summed E-state index contributed by atoms with van der Waals surface area (Å²) in [5, 5.41) is 0. The van der Waals surface area contributed by atoms with Gasteiger partial charge in [0.1, 0.15) is 5.82 Å². The second kappa shape index (κ2) is 6.87. The van der Waals surface area contributed by atoms with E-state index in [1.54, 1.807) is 17.0 Å². The zero-order valence-electron chi connectivity index (χ0n) is 11.1. The van der Waals surface area contributed by atoms with Gasteiger partial charge in [0.15, 0.2) is 0 Å². The molecule has 0 bridgehead atoms. The number of amides is 1. The van der Waals surface area contributed by atoms with Crippen LogP contribution in [0.4, 0.5) is 4.39 Å². The smallest absolute Gasteiger partial charge is 0.256 e. The van der Waals surface area contributed by atoms with Crippen molar-refractivity contribution in [2.45, 2.75) is 19.8 Å². The Labute approximate surface area is 119 Å². The highest BCUT2D eigenvalue weighted by Crippen LogP contribution is 2.19. The SMILES string of the molecule is Cc1ccc(F)c(C(=O)N2CCCC(CN)C2)c1.Cl. The predicted molar refractivity (Wildman–Crippen MR) is 76.1 cm³/mol. The van der Waals surface area contributed by atoms with Gasteiger partial charge in [-0.05, 0) is 44.4 Å². The molecule has 0 spiro atoms. The van der Waals surface area contributed by atoms with E-state index in [2.05, 4.69) is 0 Å². The molecule has 19 heavy (non-hydrogen) atoms. The number of piperidine rings is 1. The molecule has 2 rings (SSSR count). The molecule has 1 aliphatic heterocycles. The van der Waals surface area contributed by atoms with Crippen LogP contribution in [0.25, 0.3) is 0 Å². The first-order chi connectivity index (χ1) is 8.61. The van der Waals surface area contributed by atoms with E-state index in [1.165, 1.54) is 6.07 Å². The molecule has 5 heteroatoms. The lowest BCUT2D eigenvalue weighted by Crippen LogP contribution is -2.42. The molecule has 1 fully saturated rings. The van der Waals surface area contributed by atoms with Gasteiger partial charge in [0.25, 0.3) is 5.91 Å². The number of carbonyl (C=O) groups is 1. The summed E-state index contributed by atoms with van der Waals surface area (Å²) in [6.45, 7) is 3.78. The summed E-state index contributed by atoms with van der Waals surface area (Å²) >= 11 is 0. The molecule has 1 aliphatic rings. The van der Waals surface area contributed by atoms with Gasteiger partial charge in [0.2, 0.25) is 0 Å². The van der Waals surface area contributed by atoms with Crippen molar-refractivity contribution in [2.24, 2.45) is 11.7 Å². The van der Waals surface area contributed by atoms with Gasteiger partial charge in [0.05, 0.1) is 5.56 Å². The molecule has 1 aromatic carbocycles. The minimum atomic E-state index is -0.444. The Hall–Kier alpha value is -1.13. The van der Waals surface area contributed by atoms with Crippen LogP contribution in [0.15, 0.2) is 18.2 Å². The number of benzene rings is 1. The van der Waals surface area contributed by atoms with Crippen molar-refractivity contribution in [2.75, 3.05) is 19.6 Å². The van der Waals surface area contributed by atoms with Crippen molar-refractivity contribution in [1.29, 1.82) is 0 Å². The summed E-state index contributed by atoms with van der Waals surface area (Å²) in [6.07, 6.45) is 2.00. The monoisotopic (exact) mass is 286 g/mol. The molecule has 0 radical (unpaired) electrons. The van der Waals surface area contributed by atoms with Gasteiger partial charge < -0.3 is 10.6 Å². The zero-order valence-corrected chi connectivity index (χ0v) is 11.9. The van der Waals surface area contributed by atoms with E-state index in [0.717, 1.165) is 18.4 Å². The second-order valence-corrected chi connectivity index (χ2v) is 4.98. The van der Waals surface area contributed by atoms with Crippen LogP contribution in [0.2, 0.25) is 0 Å². The summed E-state index contributed by atoms with van der Waals surface area (Å²) in [6, 6.07) is 4.64. The molecule has 0 aliphatic carbocycles. The topological polar surface area (TPSA) is 46.3 Å². The number of nitrogens with two attached hydrogens (primary N) is 1. The van der Waals surface area contributed by atoms with Gasteiger partial charge in [-0.25, -0.2) is 4.39 Å². The number of halogens is 2. The molecule has 1 heterocycles. The third kappa shape index (κ3) is 3.67. The van der Waals surface area contributed by atoms with E-state index in [4.69, 9.17) is 5.73 Å². The second-order valence-electron chi connectivity index (χ2n) is 4.98. The first-order valence-corrected chi connectivity index (χ1v) is 6.37. The molecule has 1 amide bonds. The molecule has 1 unspecified atom stereocenters. The van der Waals surface area contributed by atoms with Gasteiger partial charge in [0, 0.05) is 13.1 Å². The fourth-order valence-corrected chi connectivity index (χ4v) is 2.42. The molecule has 106 valence electrons. The molecule has 0 aromatic heterocycles. The number of nitrogens with zero attached hydrogens (tertiary/aromatic N) is 1. The largest absolute Gasteiger partial charge is 0.338 e. The maximum absolute atomic E-state index is 13.7. The standard InChI is InChI=1S/C14H19FN2O.ClH/c1-10-4-5-13(15)12(7-10)14(18)17-6-2-3-11(8-16)9-17;/h4-5,7,11H,2-3,6,8-9,16H2,1H3;1H. The highest BCUT2D eigenvalue weighted by atomic mass is 35.5.